The van der Waals surface area contributed by atoms with E-state index < -0.39 is 4.92 Å². The van der Waals surface area contributed by atoms with E-state index in [4.69, 9.17) is 0 Å². The molecule has 0 aliphatic heterocycles. The van der Waals surface area contributed by atoms with E-state index in [2.05, 4.69) is 15.5 Å². The summed E-state index contributed by atoms with van der Waals surface area (Å²) in [6.07, 6.45) is 3.32. The minimum atomic E-state index is -0.510. The fourth-order valence-electron chi connectivity index (χ4n) is 1.80. The monoisotopic (exact) mass is 289 g/mol. The van der Waals surface area contributed by atoms with E-state index in [-0.39, 0.29) is 17.2 Å². The summed E-state index contributed by atoms with van der Waals surface area (Å²) in [6, 6.07) is 4.38. The maximum absolute atomic E-state index is 11.8. The van der Waals surface area contributed by atoms with Gasteiger partial charge >= 0.3 is 0 Å². The standard InChI is InChI=1S/C13H15N5O3/c1-17(2)13(19)10-3-4-11(12(5-10)18(20)21)14-6-9-7-15-16-8-9/h3-5,7-8,14H,6H2,1-2H3,(H,15,16). The summed E-state index contributed by atoms with van der Waals surface area (Å²) >= 11 is 0. The molecule has 8 heteroatoms. The van der Waals surface area contributed by atoms with Crippen molar-refractivity contribution in [2.24, 2.45) is 0 Å². The molecule has 0 bridgehead atoms. The molecular formula is C13H15N5O3. The largest absolute Gasteiger partial charge is 0.375 e. The lowest BCUT2D eigenvalue weighted by atomic mass is 10.1. The highest BCUT2D eigenvalue weighted by Gasteiger charge is 2.18. The van der Waals surface area contributed by atoms with Crippen LogP contribution in [0.3, 0.4) is 0 Å². The number of nitro benzene ring substituents is 1. The lowest BCUT2D eigenvalue weighted by Crippen LogP contribution is -2.21. The first-order valence-electron chi connectivity index (χ1n) is 6.20. The number of anilines is 1. The Morgan fingerprint density at radius 3 is 2.81 bits per heavy atom. The number of hydrogen-bond donors (Lipinski definition) is 2. The number of aromatic amines is 1. The molecule has 0 saturated carbocycles. The average molecular weight is 289 g/mol. The van der Waals surface area contributed by atoms with Crippen LogP contribution in [0.1, 0.15) is 15.9 Å². The van der Waals surface area contributed by atoms with Crippen molar-refractivity contribution in [1.29, 1.82) is 0 Å². The Morgan fingerprint density at radius 2 is 2.24 bits per heavy atom. The third kappa shape index (κ3) is 3.35. The van der Waals surface area contributed by atoms with E-state index in [9.17, 15) is 14.9 Å². The number of H-pyrrole nitrogens is 1. The highest BCUT2D eigenvalue weighted by atomic mass is 16.6. The second kappa shape index (κ2) is 6.04. The van der Waals surface area contributed by atoms with Crippen LogP contribution in [0, 0.1) is 10.1 Å². The van der Waals surface area contributed by atoms with Gasteiger partial charge in [-0.05, 0) is 12.1 Å². The number of hydrogen-bond acceptors (Lipinski definition) is 5. The number of carbonyl (C=O) groups is 1. The Hall–Kier alpha value is -2.90. The fourth-order valence-corrected chi connectivity index (χ4v) is 1.80. The van der Waals surface area contributed by atoms with Crippen molar-refractivity contribution in [3.8, 4) is 0 Å². The molecule has 1 heterocycles. The molecule has 0 unspecified atom stereocenters. The predicted octanol–water partition coefficient (Wildman–Crippen LogP) is 1.63. The van der Waals surface area contributed by atoms with Gasteiger partial charge in [0.05, 0.1) is 11.1 Å². The molecule has 1 aromatic heterocycles. The minimum absolute atomic E-state index is 0.133. The molecule has 0 fully saturated rings. The van der Waals surface area contributed by atoms with Gasteiger partial charge in [-0.25, -0.2) is 0 Å². The SMILES string of the molecule is CN(C)C(=O)c1ccc(NCc2cn[nH]c2)c([N+](=O)[O-])c1. The van der Waals surface area contributed by atoms with Crippen molar-refractivity contribution < 1.29 is 9.72 Å². The van der Waals surface area contributed by atoms with Gasteiger partial charge in [-0.15, -0.1) is 0 Å². The second-order valence-corrected chi connectivity index (χ2v) is 4.65. The summed E-state index contributed by atoms with van der Waals surface area (Å²) in [5, 5.41) is 20.6. The van der Waals surface area contributed by atoms with E-state index in [1.807, 2.05) is 0 Å². The number of benzene rings is 1. The van der Waals surface area contributed by atoms with Gasteiger partial charge in [-0.1, -0.05) is 0 Å². The van der Waals surface area contributed by atoms with Crippen LogP contribution < -0.4 is 5.32 Å². The first-order valence-corrected chi connectivity index (χ1v) is 6.20. The number of nitrogens with zero attached hydrogens (tertiary/aromatic N) is 3. The smallest absolute Gasteiger partial charge is 0.293 e. The van der Waals surface area contributed by atoms with Crippen LogP contribution in [-0.4, -0.2) is 40.0 Å². The maximum atomic E-state index is 11.8. The van der Waals surface area contributed by atoms with Gasteiger partial charge in [0.2, 0.25) is 0 Å². The molecule has 0 spiro atoms. The summed E-state index contributed by atoms with van der Waals surface area (Å²) < 4.78 is 0. The normalized spacial score (nSPS) is 10.2. The number of rotatable bonds is 5. The van der Waals surface area contributed by atoms with Crippen molar-refractivity contribution in [1.82, 2.24) is 15.1 Å². The van der Waals surface area contributed by atoms with E-state index in [0.717, 1.165) is 5.56 Å². The Morgan fingerprint density at radius 1 is 1.48 bits per heavy atom. The first-order chi connectivity index (χ1) is 9.99. The molecule has 2 rings (SSSR count). The van der Waals surface area contributed by atoms with Crippen LogP contribution in [0.2, 0.25) is 0 Å². The average Bonchev–Trinajstić information content (AvgIpc) is 2.97. The van der Waals surface area contributed by atoms with Crippen LogP contribution >= 0.6 is 0 Å². The lowest BCUT2D eigenvalue weighted by Gasteiger charge is -2.11. The van der Waals surface area contributed by atoms with Gasteiger partial charge < -0.3 is 10.2 Å². The molecule has 21 heavy (non-hydrogen) atoms. The summed E-state index contributed by atoms with van der Waals surface area (Å²) in [6.45, 7) is 0.401. The zero-order valence-electron chi connectivity index (χ0n) is 11.7. The number of nitrogens with one attached hydrogen (secondary N) is 2. The third-order valence-corrected chi connectivity index (χ3v) is 2.89. The second-order valence-electron chi connectivity index (χ2n) is 4.65. The van der Waals surface area contributed by atoms with E-state index >= 15 is 0 Å². The molecule has 0 aliphatic carbocycles. The highest BCUT2D eigenvalue weighted by molar-refractivity contribution is 5.95. The summed E-state index contributed by atoms with van der Waals surface area (Å²) in [4.78, 5) is 23.9. The topological polar surface area (TPSA) is 104 Å². The van der Waals surface area contributed by atoms with Crippen molar-refractivity contribution in [3.63, 3.8) is 0 Å². The molecule has 0 aliphatic rings. The summed E-state index contributed by atoms with van der Waals surface area (Å²) in [7, 11) is 3.19. The first kappa shape index (κ1) is 14.5. The predicted molar refractivity (Wildman–Crippen MR) is 77.0 cm³/mol. The lowest BCUT2D eigenvalue weighted by molar-refractivity contribution is -0.384. The van der Waals surface area contributed by atoms with Crippen molar-refractivity contribution in [2.75, 3.05) is 19.4 Å². The van der Waals surface area contributed by atoms with Crippen molar-refractivity contribution in [3.05, 3.63) is 51.8 Å². The molecule has 0 atom stereocenters. The van der Waals surface area contributed by atoms with Gasteiger partial charge in [-0.3, -0.25) is 20.0 Å². The molecule has 8 nitrogen and oxygen atoms in total. The number of carbonyl (C=O) groups excluding carboxylic acids is 1. The van der Waals surface area contributed by atoms with Gasteiger partial charge in [0, 0.05) is 44.0 Å². The maximum Gasteiger partial charge on any atom is 0.293 e. The molecule has 1 aromatic carbocycles. The van der Waals surface area contributed by atoms with E-state index in [0.29, 0.717) is 12.2 Å². The third-order valence-electron chi connectivity index (χ3n) is 2.89. The van der Waals surface area contributed by atoms with Crippen LogP contribution in [0.25, 0.3) is 0 Å². The Kier molecular flexibility index (Phi) is 4.17. The van der Waals surface area contributed by atoms with Gasteiger partial charge in [0.25, 0.3) is 11.6 Å². The quantitative estimate of drug-likeness (QED) is 0.643. The molecule has 1 amide bonds. The number of nitro groups is 1. The van der Waals surface area contributed by atoms with Crippen LogP contribution in [-0.2, 0) is 6.54 Å². The van der Waals surface area contributed by atoms with E-state index in [1.54, 1.807) is 32.6 Å². The Bertz CT molecular complexity index is 652. The van der Waals surface area contributed by atoms with E-state index in [1.165, 1.54) is 17.0 Å². The minimum Gasteiger partial charge on any atom is -0.375 e. The highest BCUT2D eigenvalue weighted by Crippen LogP contribution is 2.26. The Labute approximate surface area is 120 Å². The van der Waals surface area contributed by atoms with Gasteiger partial charge in [0.1, 0.15) is 5.69 Å². The zero-order chi connectivity index (χ0) is 15.4. The number of aromatic nitrogens is 2. The molecular weight excluding hydrogens is 274 g/mol. The number of amides is 1. The van der Waals surface area contributed by atoms with Gasteiger partial charge in [0.15, 0.2) is 0 Å². The molecule has 0 saturated heterocycles. The van der Waals surface area contributed by atoms with Crippen molar-refractivity contribution in [2.45, 2.75) is 6.54 Å². The van der Waals surface area contributed by atoms with Crippen LogP contribution in [0.5, 0.6) is 0 Å². The van der Waals surface area contributed by atoms with Gasteiger partial charge in [-0.2, -0.15) is 5.10 Å². The Balaban J connectivity index is 2.25. The summed E-state index contributed by atoms with van der Waals surface area (Å²) in [5.74, 6) is -0.278. The molecule has 0 radical (unpaired) electrons. The molecule has 2 N–H and O–H groups in total. The van der Waals surface area contributed by atoms with Crippen LogP contribution in [0.15, 0.2) is 30.6 Å². The molecule has 110 valence electrons. The fraction of sp³-hybridized carbons (Fsp3) is 0.231. The van der Waals surface area contributed by atoms with Crippen LogP contribution in [0.4, 0.5) is 11.4 Å². The zero-order valence-corrected chi connectivity index (χ0v) is 11.7. The summed E-state index contributed by atoms with van der Waals surface area (Å²) in [5.41, 5.74) is 1.38. The molecule has 2 aromatic rings. The van der Waals surface area contributed by atoms with Crippen molar-refractivity contribution >= 4 is 17.3 Å².